The molecule has 0 aliphatic rings. The number of halogens is 3. The minimum atomic E-state index is -4.47. The van der Waals surface area contributed by atoms with E-state index in [0.717, 1.165) is 12.1 Å². The zero-order valence-electron chi connectivity index (χ0n) is 10.5. The first-order valence-electron chi connectivity index (χ1n) is 5.71. The van der Waals surface area contributed by atoms with Crippen LogP contribution in [0, 0.1) is 0 Å². The summed E-state index contributed by atoms with van der Waals surface area (Å²) in [6.07, 6.45) is -4.52. The van der Waals surface area contributed by atoms with Crippen LogP contribution in [0.2, 0.25) is 0 Å². The van der Waals surface area contributed by atoms with Crippen LogP contribution in [0.3, 0.4) is 0 Å². The van der Waals surface area contributed by atoms with Crippen molar-refractivity contribution in [1.29, 1.82) is 0 Å². The van der Waals surface area contributed by atoms with Gasteiger partial charge in [-0.05, 0) is 29.1 Å². The Kier molecular flexibility index (Phi) is 3.57. The average Bonchev–Trinajstić information content (AvgIpc) is 2.37. The lowest BCUT2D eigenvalue weighted by molar-refractivity contribution is -0.140. The Morgan fingerprint density at radius 1 is 1.25 bits per heavy atom. The second kappa shape index (κ2) is 5.03. The molecule has 0 amide bonds. The predicted octanol–water partition coefficient (Wildman–Crippen LogP) is 3.28. The van der Waals surface area contributed by atoms with Crippen molar-refractivity contribution in [2.75, 3.05) is 7.11 Å². The molecular formula is C14H11F3O3. The van der Waals surface area contributed by atoms with Crippen molar-refractivity contribution in [3.05, 3.63) is 41.5 Å². The van der Waals surface area contributed by atoms with Gasteiger partial charge in [-0.2, -0.15) is 13.2 Å². The molecule has 2 aromatic rings. The van der Waals surface area contributed by atoms with E-state index < -0.39 is 17.7 Å². The number of hydrogen-bond donors (Lipinski definition) is 1. The third-order valence-electron chi connectivity index (χ3n) is 2.90. The number of phenolic OH excluding ortho intramolecular Hbond substituents is 1. The van der Waals surface area contributed by atoms with E-state index in [-0.39, 0.29) is 17.6 Å². The molecule has 0 atom stereocenters. The van der Waals surface area contributed by atoms with Gasteiger partial charge < -0.3 is 9.84 Å². The van der Waals surface area contributed by atoms with Gasteiger partial charge in [0.2, 0.25) is 0 Å². The van der Waals surface area contributed by atoms with Crippen molar-refractivity contribution in [3.63, 3.8) is 0 Å². The van der Waals surface area contributed by atoms with Crippen LogP contribution in [0.1, 0.15) is 11.1 Å². The first kappa shape index (κ1) is 14.2. The lowest BCUT2D eigenvalue weighted by atomic mass is 10.0. The van der Waals surface area contributed by atoms with E-state index in [1.54, 1.807) is 6.07 Å². The number of aromatic hydroxyl groups is 1. The molecule has 0 aliphatic heterocycles. The largest absolute Gasteiger partial charge is 0.507 e. The molecule has 0 radical (unpaired) electrons. The van der Waals surface area contributed by atoms with E-state index in [2.05, 4.69) is 4.74 Å². The number of esters is 1. The van der Waals surface area contributed by atoms with Crippen molar-refractivity contribution in [2.45, 2.75) is 12.6 Å². The van der Waals surface area contributed by atoms with Gasteiger partial charge >= 0.3 is 12.1 Å². The average molecular weight is 284 g/mol. The highest BCUT2D eigenvalue weighted by Crippen LogP contribution is 2.34. The number of carbonyl (C=O) groups excluding carboxylic acids is 1. The number of carbonyl (C=O) groups is 1. The van der Waals surface area contributed by atoms with Gasteiger partial charge in [0.05, 0.1) is 19.1 Å². The van der Waals surface area contributed by atoms with Crippen molar-refractivity contribution in [2.24, 2.45) is 0 Å². The van der Waals surface area contributed by atoms with Crippen LogP contribution < -0.4 is 0 Å². The first-order valence-corrected chi connectivity index (χ1v) is 5.71. The minimum absolute atomic E-state index is 0.0545. The summed E-state index contributed by atoms with van der Waals surface area (Å²) in [6, 6.07) is 5.89. The predicted molar refractivity (Wildman–Crippen MR) is 66.3 cm³/mol. The van der Waals surface area contributed by atoms with Crippen molar-refractivity contribution in [1.82, 2.24) is 0 Å². The molecule has 0 fully saturated rings. The van der Waals surface area contributed by atoms with Gasteiger partial charge in [-0.3, -0.25) is 4.79 Å². The molecule has 1 N–H and O–H groups in total. The van der Waals surface area contributed by atoms with Gasteiger partial charge in [0.25, 0.3) is 0 Å². The van der Waals surface area contributed by atoms with Gasteiger partial charge in [0.15, 0.2) is 0 Å². The molecule has 0 unspecified atom stereocenters. The Morgan fingerprint density at radius 2 is 1.95 bits per heavy atom. The van der Waals surface area contributed by atoms with Crippen LogP contribution in [-0.2, 0) is 22.1 Å². The molecular weight excluding hydrogens is 273 g/mol. The summed E-state index contributed by atoms with van der Waals surface area (Å²) in [4.78, 5) is 11.2. The smallest absolute Gasteiger partial charge is 0.416 e. The molecule has 6 heteroatoms. The molecule has 0 bridgehead atoms. The quantitative estimate of drug-likeness (QED) is 0.861. The molecule has 0 saturated heterocycles. The number of benzene rings is 2. The second-order valence-corrected chi connectivity index (χ2v) is 4.30. The summed E-state index contributed by atoms with van der Waals surface area (Å²) in [6.45, 7) is 0. The molecule has 0 aliphatic carbocycles. The van der Waals surface area contributed by atoms with E-state index in [0.29, 0.717) is 10.9 Å². The van der Waals surface area contributed by atoms with Crippen molar-refractivity contribution < 1.29 is 27.8 Å². The van der Waals surface area contributed by atoms with Crippen LogP contribution >= 0.6 is 0 Å². The monoisotopic (exact) mass is 284 g/mol. The summed E-state index contributed by atoms with van der Waals surface area (Å²) < 4.78 is 42.3. The zero-order chi connectivity index (χ0) is 14.9. The Hall–Kier alpha value is -2.24. The van der Waals surface area contributed by atoms with Crippen LogP contribution in [0.25, 0.3) is 10.8 Å². The van der Waals surface area contributed by atoms with Gasteiger partial charge in [0, 0.05) is 5.39 Å². The van der Waals surface area contributed by atoms with Crippen molar-refractivity contribution in [3.8, 4) is 5.75 Å². The van der Waals surface area contributed by atoms with Crippen LogP contribution in [0.15, 0.2) is 30.3 Å². The Labute approximate surface area is 112 Å². The Bertz CT molecular complexity index is 662. The molecule has 20 heavy (non-hydrogen) atoms. The highest BCUT2D eigenvalue weighted by molar-refractivity contribution is 5.90. The van der Waals surface area contributed by atoms with Crippen LogP contribution in [0.5, 0.6) is 5.75 Å². The standard InChI is InChI=1S/C14H11F3O3/c1-20-13(19)6-8-4-9-2-3-10(14(15,16)17)7-11(9)12(18)5-8/h2-5,7,18H,6H2,1H3. The summed E-state index contributed by atoms with van der Waals surface area (Å²) in [5.41, 5.74) is -0.359. The maximum Gasteiger partial charge on any atom is 0.416 e. The minimum Gasteiger partial charge on any atom is -0.507 e. The SMILES string of the molecule is COC(=O)Cc1cc(O)c2cc(C(F)(F)F)ccc2c1. The third kappa shape index (κ3) is 2.84. The Balaban J connectivity index is 2.50. The summed E-state index contributed by atoms with van der Waals surface area (Å²) >= 11 is 0. The van der Waals surface area contributed by atoms with Crippen molar-refractivity contribution >= 4 is 16.7 Å². The highest BCUT2D eigenvalue weighted by atomic mass is 19.4. The second-order valence-electron chi connectivity index (χ2n) is 4.30. The fourth-order valence-corrected chi connectivity index (χ4v) is 1.92. The molecule has 0 heterocycles. The number of methoxy groups -OCH3 is 1. The fourth-order valence-electron chi connectivity index (χ4n) is 1.92. The van der Waals surface area contributed by atoms with Gasteiger partial charge in [-0.15, -0.1) is 0 Å². The number of alkyl halides is 3. The molecule has 2 rings (SSSR count). The number of fused-ring (bicyclic) bond motifs is 1. The first-order chi connectivity index (χ1) is 9.31. The molecule has 2 aromatic carbocycles. The molecule has 106 valence electrons. The molecule has 0 spiro atoms. The van der Waals surface area contributed by atoms with E-state index in [1.807, 2.05) is 0 Å². The highest BCUT2D eigenvalue weighted by Gasteiger charge is 2.30. The normalized spacial score (nSPS) is 11.6. The zero-order valence-corrected chi connectivity index (χ0v) is 10.5. The van der Waals surface area contributed by atoms with Crippen LogP contribution in [-0.4, -0.2) is 18.2 Å². The number of phenols is 1. The summed E-state index contributed by atoms with van der Waals surface area (Å²) in [7, 11) is 1.23. The summed E-state index contributed by atoms with van der Waals surface area (Å²) in [5.74, 6) is -0.789. The maximum atomic E-state index is 12.6. The molecule has 0 aromatic heterocycles. The molecule has 0 saturated carbocycles. The van der Waals surface area contributed by atoms with E-state index in [1.165, 1.54) is 19.2 Å². The lowest BCUT2D eigenvalue weighted by Gasteiger charge is -2.10. The number of rotatable bonds is 2. The summed E-state index contributed by atoms with van der Waals surface area (Å²) in [5, 5.41) is 10.3. The number of ether oxygens (including phenoxy) is 1. The topological polar surface area (TPSA) is 46.5 Å². The van der Waals surface area contributed by atoms with Gasteiger partial charge in [-0.25, -0.2) is 0 Å². The lowest BCUT2D eigenvalue weighted by Crippen LogP contribution is -2.05. The van der Waals surface area contributed by atoms with E-state index in [4.69, 9.17) is 0 Å². The molecule has 3 nitrogen and oxygen atoms in total. The van der Waals surface area contributed by atoms with E-state index >= 15 is 0 Å². The van der Waals surface area contributed by atoms with Gasteiger partial charge in [-0.1, -0.05) is 12.1 Å². The maximum absolute atomic E-state index is 12.6. The number of hydrogen-bond acceptors (Lipinski definition) is 3. The van der Waals surface area contributed by atoms with Crippen LogP contribution in [0.4, 0.5) is 13.2 Å². The fraction of sp³-hybridized carbons (Fsp3) is 0.214. The van der Waals surface area contributed by atoms with E-state index in [9.17, 15) is 23.1 Å². The third-order valence-corrected chi connectivity index (χ3v) is 2.90. The Morgan fingerprint density at radius 3 is 2.55 bits per heavy atom. The van der Waals surface area contributed by atoms with Gasteiger partial charge in [0.1, 0.15) is 5.75 Å².